The molecule has 0 radical (unpaired) electrons. The lowest BCUT2D eigenvalue weighted by Crippen LogP contribution is -2.51. The van der Waals surface area contributed by atoms with E-state index in [1.54, 1.807) is 24.3 Å². The van der Waals surface area contributed by atoms with E-state index in [2.05, 4.69) is 0 Å². The molecule has 30 heavy (non-hydrogen) atoms. The number of hydrogen-bond acceptors (Lipinski definition) is 7. The Morgan fingerprint density at radius 3 is 2.33 bits per heavy atom. The number of nitro groups is 1. The highest BCUT2D eigenvalue weighted by Gasteiger charge is 2.30. The van der Waals surface area contributed by atoms with Gasteiger partial charge in [-0.25, -0.2) is 8.42 Å². The maximum Gasteiger partial charge on any atom is 0.269 e. The van der Waals surface area contributed by atoms with E-state index in [9.17, 15) is 23.3 Å². The summed E-state index contributed by atoms with van der Waals surface area (Å²) in [5.74, 6) is 0.00265. The average molecular weight is 430 g/mol. The molecule has 156 valence electrons. The van der Waals surface area contributed by atoms with Crippen molar-refractivity contribution in [1.82, 2.24) is 9.21 Å². The monoisotopic (exact) mass is 430 g/mol. The fourth-order valence-electron chi connectivity index (χ4n) is 2.98. The summed E-state index contributed by atoms with van der Waals surface area (Å²) in [4.78, 5) is 24.0. The number of sulfonamides is 1. The van der Waals surface area contributed by atoms with Gasteiger partial charge in [-0.1, -0.05) is 12.1 Å². The second-order valence-corrected chi connectivity index (χ2v) is 8.37. The molecule has 0 N–H and O–H groups in total. The van der Waals surface area contributed by atoms with Gasteiger partial charge in [-0.2, -0.15) is 9.57 Å². The second-order valence-electron chi connectivity index (χ2n) is 6.43. The Labute approximate surface area is 173 Å². The molecule has 1 amide bonds. The van der Waals surface area contributed by atoms with Crippen LogP contribution in [-0.4, -0.2) is 61.2 Å². The van der Waals surface area contributed by atoms with Crippen LogP contribution < -0.4 is 4.74 Å². The van der Waals surface area contributed by atoms with Gasteiger partial charge in [-0.15, -0.1) is 0 Å². The number of benzene rings is 2. The third-order valence-corrected chi connectivity index (χ3v) is 6.55. The molecule has 1 aliphatic heterocycles. The summed E-state index contributed by atoms with van der Waals surface area (Å²) in [6.45, 7) is 0.316. The van der Waals surface area contributed by atoms with Gasteiger partial charge >= 0.3 is 0 Å². The third-order valence-electron chi connectivity index (χ3n) is 4.64. The van der Waals surface area contributed by atoms with Crippen LogP contribution in [0.25, 0.3) is 0 Å². The minimum atomic E-state index is -3.81. The summed E-state index contributed by atoms with van der Waals surface area (Å²) >= 11 is 0. The van der Waals surface area contributed by atoms with E-state index in [0.29, 0.717) is 11.3 Å². The molecular weight excluding hydrogens is 412 g/mol. The minimum absolute atomic E-state index is 0.0377. The average Bonchev–Trinajstić information content (AvgIpc) is 2.77. The number of nitrogens with zero attached hydrogens (tertiary/aromatic N) is 4. The fraction of sp³-hybridized carbons (Fsp3) is 0.263. The first kappa shape index (κ1) is 21.2. The number of rotatable bonds is 6. The summed E-state index contributed by atoms with van der Waals surface area (Å²) in [6, 6.07) is 13.2. The molecule has 1 heterocycles. The van der Waals surface area contributed by atoms with Crippen LogP contribution in [0.2, 0.25) is 0 Å². The fourth-order valence-corrected chi connectivity index (χ4v) is 4.40. The Morgan fingerprint density at radius 1 is 1.10 bits per heavy atom. The van der Waals surface area contributed by atoms with Crippen LogP contribution in [0.15, 0.2) is 53.4 Å². The molecule has 11 heteroatoms. The number of non-ortho nitro benzene ring substituents is 1. The van der Waals surface area contributed by atoms with Crippen LogP contribution in [0, 0.1) is 21.4 Å². The largest absolute Gasteiger partial charge is 0.482 e. The number of piperazine rings is 1. The van der Waals surface area contributed by atoms with Gasteiger partial charge in [0, 0.05) is 38.3 Å². The predicted molar refractivity (Wildman–Crippen MR) is 105 cm³/mol. The van der Waals surface area contributed by atoms with E-state index >= 15 is 0 Å². The van der Waals surface area contributed by atoms with E-state index in [4.69, 9.17) is 10.00 Å². The van der Waals surface area contributed by atoms with Crippen molar-refractivity contribution < 1.29 is 22.9 Å². The molecular formula is C19H18N4O6S. The highest BCUT2D eigenvalue weighted by atomic mass is 32.2. The first-order valence-electron chi connectivity index (χ1n) is 8.97. The molecule has 3 rings (SSSR count). The number of para-hydroxylation sites is 1. The van der Waals surface area contributed by atoms with Crippen LogP contribution in [-0.2, 0) is 14.8 Å². The van der Waals surface area contributed by atoms with E-state index in [1.807, 2.05) is 6.07 Å². The van der Waals surface area contributed by atoms with Gasteiger partial charge in [0.15, 0.2) is 6.61 Å². The summed E-state index contributed by atoms with van der Waals surface area (Å²) in [7, 11) is -3.81. The molecule has 0 atom stereocenters. The summed E-state index contributed by atoms with van der Waals surface area (Å²) in [5, 5.41) is 19.8. The van der Waals surface area contributed by atoms with Crippen molar-refractivity contribution >= 4 is 21.6 Å². The molecule has 2 aromatic carbocycles. The molecule has 2 aromatic rings. The number of nitriles is 1. The number of carbonyl (C=O) groups excluding carboxylic acids is 1. The molecule has 0 bridgehead atoms. The molecule has 0 spiro atoms. The summed E-state index contributed by atoms with van der Waals surface area (Å²) < 4.78 is 32.1. The van der Waals surface area contributed by atoms with Gasteiger partial charge in [0.2, 0.25) is 10.0 Å². The zero-order valence-corrected chi connectivity index (χ0v) is 16.6. The number of hydrogen-bond donors (Lipinski definition) is 0. The smallest absolute Gasteiger partial charge is 0.269 e. The van der Waals surface area contributed by atoms with Gasteiger partial charge in [0.05, 0.1) is 15.4 Å². The Balaban J connectivity index is 1.57. The zero-order valence-electron chi connectivity index (χ0n) is 15.8. The Kier molecular flexibility index (Phi) is 6.29. The summed E-state index contributed by atoms with van der Waals surface area (Å²) in [6.07, 6.45) is 0. The number of amides is 1. The maximum atomic E-state index is 12.7. The molecule has 0 aliphatic carbocycles. The van der Waals surface area contributed by atoms with Crippen LogP contribution in [0.3, 0.4) is 0 Å². The van der Waals surface area contributed by atoms with Crippen molar-refractivity contribution in [3.05, 3.63) is 64.2 Å². The van der Waals surface area contributed by atoms with Crippen LogP contribution in [0.4, 0.5) is 5.69 Å². The normalized spacial score (nSPS) is 14.7. The Morgan fingerprint density at radius 2 is 1.73 bits per heavy atom. The first-order chi connectivity index (χ1) is 14.3. The second kappa shape index (κ2) is 8.89. The number of ether oxygens (including phenoxy) is 1. The van der Waals surface area contributed by atoms with Gasteiger partial charge in [0.1, 0.15) is 11.8 Å². The molecule has 0 aromatic heterocycles. The van der Waals surface area contributed by atoms with E-state index in [-0.39, 0.29) is 49.3 Å². The number of nitro benzene ring substituents is 1. The Bertz CT molecular complexity index is 1090. The molecule has 0 saturated carbocycles. The zero-order chi connectivity index (χ0) is 21.7. The van der Waals surface area contributed by atoms with Crippen LogP contribution in [0.5, 0.6) is 5.75 Å². The quantitative estimate of drug-likeness (QED) is 0.499. The summed E-state index contributed by atoms with van der Waals surface area (Å²) in [5.41, 5.74) is 0.131. The Hall–Kier alpha value is -3.49. The van der Waals surface area contributed by atoms with Crippen molar-refractivity contribution in [2.24, 2.45) is 0 Å². The highest BCUT2D eigenvalue weighted by molar-refractivity contribution is 7.89. The highest BCUT2D eigenvalue weighted by Crippen LogP contribution is 2.21. The molecule has 1 fully saturated rings. The maximum absolute atomic E-state index is 12.7. The van der Waals surface area contributed by atoms with Gasteiger partial charge in [-0.3, -0.25) is 14.9 Å². The van der Waals surface area contributed by atoms with Crippen molar-refractivity contribution in [2.75, 3.05) is 32.8 Å². The van der Waals surface area contributed by atoms with Gasteiger partial charge < -0.3 is 9.64 Å². The van der Waals surface area contributed by atoms with Crippen molar-refractivity contribution in [1.29, 1.82) is 5.26 Å². The van der Waals surface area contributed by atoms with Crippen molar-refractivity contribution in [3.8, 4) is 11.8 Å². The topological polar surface area (TPSA) is 134 Å². The standard InChI is InChI=1S/C19H18N4O6S/c20-13-15-3-1-2-4-18(15)29-14-19(24)21-9-11-22(12-10-21)30(27,28)17-7-5-16(6-8-17)23(25)26/h1-8H,9-12,14H2. The van der Waals surface area contributed by atoms with Gasteiger partial charge in [0.25, 0.3) is 11.6 Å². The van der Waals surface area contributed by atoms with E-state index in [1.165, 1.54) is 21.3 Å². The first-order valence-corrected chi connectivity index (χ1v) is 10.4. The van der Waals surface area contributed by atoms with Crippen LogP contribution in [0.1, 0.15) is 5.56 Å². The van der Waals surface area contributed by atoms with Crippen LogP contribution >= 0.6 is 0 Å². The van der Waals surface area contributed by atoms with E-state index in [0.717, 1.165) is 12.1 Å². The lowest BCUT2D eigenvalue weighted by molar-refractivity contribution is -0.384. The molecule has 10 nitrogen and oxygen atoms in total. The SMILES string of the molecule is N#Cc1ccccc1OCC(=O)N1CCN(S(=O)(=O)c2ccc([N+](=O)[O-])cc2)CC1. The molecule has 1 aliphatic rings. The predicted octanol–water partition coefficient (Wildman–Crippen LogP) is 1.38. The lowest BCUT2D eigenvalue weighted by Gasteiger charge is -2.34. The van der Waals surface area contributed by atoms with E-state index < -0.39 is 14.9 Å². The van der Waals surface area contributed by atoms with Crippen molar-refractivity contribution in [3.63, 3.8) is 0 Å². The van der Waals surface area contributed by atoms with Gasteiger partial charge in [-0.05, 0) is 24.3 Å². The third kappa shape index (κ3) is 4.56. The van der Waals surface area contributed by atoms with Crippen molar-refractivity contribution in [2.45, 2.75) is 4.90 Å². The lowest BCUT2D eigenvalue weighted by atomic mass is 10.2. The molecule has 1 saturated heterocycles. The molecule has 0 unspecified atom stereocenters. The number of carbonyl (C=O) groups is 1. The minimum Gasteiger partial charge on any atom is -0.482 e.